The molecule has 0 atom stereocenters. The molecular formula is C15H14BrFN2O. The molecular weight excluding hydrogens is 323 g/mol. The van der Waals surface area contributed by atoms with E-state index in [1.165, 1.54) is 19.1 Å². The van der Waals surface area contributed by atoms with E-state index in [4.69, 9.17) is 0 Å². The fourth-order valence-electron chi connectivity index (χ4n) is 1.79. The van der Waals surface area contributed by atoms with Crippen molar-refractivity contribution in [2.75, 3.05) is 10.6 Å². The first-order valence-electron chi connectivity index (χ1n) is 6.10. The Morgan fingerprint density at radius 2 is 1.95 bits per heavy atom. The van der Waals surface area contributed by atoms with E-state index in [9.17, 15) is 9.18 Å². The first-order chi connectivity index (χ1) is 9.54. The maximum atomic E-state index is 13.2. The Balaban J connectivity index is 2.07. The van der Waals surface area contributed by atoms with E-state index in [1.807, 2.05) is 24.3 Å². The number of nitrogens with one attached hydrogen (secondary N) is 2. The average Bonchev–Trinajstić information content (AvgIpc) is 2.39. The number of carbonyl (C=O) groups excluding carboxylic acids is 1. The monoisotopic (exact) mass is 336 g/mol. The van der Waals surface area contributed by atoms with Crippen molar-refractivity contribution in [3.05, 3.63) is 58.3 Å². The number of anilines is 2. The van der Waals surface area contributed by atoms with Gasteiger partial charge in [0.05, 0.1) is 0 Å². The summed E-state index contributed by atoms with van der Waals surface area (Å²) in [5.74, 6) is -0.382. The summed E-state index contributed by atoms with van der Waals surface area (Å²) in [6.07, 6.45) is 0. The van der Waals surface area contributed by atoms with Gasteiger partial charge in [0.25, 0.3) is 0 Å². The van der Waals surface area contributed by atoms with Crippen molar-refractivity contribution in [1.82, 2.24) is 0 Å². The van der Waals surface area contributed by atoms with Crippen molar-refractivity contribution < 1.29 is 9.18 Å². The van der Waals surface area contributed by atoms with Gasteiger partial charge in [0.1, 0.15) is 5.82 Å². The van der Waals surface area contributed by atoms with Crippen LogP contribution in [0.25, 0.3) is 0 Å². The lowest BCUT2D eigenvalue weighted by Crippen LogP contribution is -2.06. The van der Waals surface area contributed by atoms with Gasteiger partial charge in [0.15, 0.2) is 0 Å². The third-order valence-corrected chi connectivity index (χ3v) is 3.45. The van der Waals surface area contributed by atoms with E-state index in [0.29, 0.717) is 6.54 Å². The maximum absolute atomic E-state index is 13.2. The Kier molecular flexibility index (Phi) is 4.74. The largest absolute Gasteiger partial charge is 0.381 e. The summed E-state index contributed by atoms with van der Waals surface area (Å²) in [6.45, 7) is 1.95. The van der Waals surface area contributed by atoms with Crippen LogP contribution in [-0.4, -0.2) is 5.91 Å². The van der Waals surface area contributed by atoms with Crippen molar-refractivity contribution in [1.29, 1.82) is 0 Å². The Bertz CT molecular complexity index is 631. The molecule has 2 N–H and O–H groups in total. The van der Waals surface area contributed by atoms with Crippen LogP contribution in [0.15, 0.2) is 46.9 Å². The molecule has 0 aromatic heterocycles. The molecule has 0 heterocycles. The zero-order chi connectivity index (χ0) is 14.5. The molecule has 0 fully saturated rings. The van der Waals surface area contributed by atoms with Gasteiger partial charge in [-0.2, -0.15) is 0 Å². The third kappa shape index (κ3) is 4.06. The van der Waals surface area contributed by atoms with Crippen molar-refractivity contribution in [2.45, 2.75) is 13.5 Å². The highest BCUT2D eigenvalue weighted by atomic mass is 79.9. The zero-order valence-electron chi connectivity index (χ0n) is 10.9. The van der Waals surface area contributed by atoms with Gasteiger partial charge >= 0.3 is 0 Å². The molecule has 0 saturated carbocycles. The van der Waals surface area contributed by atoms with E-state index in [2.05, 4.69) is 26.6 Å². The zero-order valence-corrected chi connectivity index (χ0v) is 12.5. The Hall–Kier alpha value is -1.88. The number of hydrogen-bond donors (Lipinski definition) is 2. The number of rotatable bonds is 4. The molecule has 5 heteroatoms. The van der Waals surface area contributed by atoms with Crippen LogP contribution in [0.3, 0.4) is 0 Å². The van der Waals surface area contributed by atoms with E-state index in [0.717, 1.165) is 21.4 Å². The van der Waals surface area contributed by atoms with Crippen LogP contribution < -0.4 is 10.6 Å². The summed E-state index contributed by atoms with van der Waals surface area (Å²) in [6, 6.07) is 11.9. The van der Waals surface area contributed by atoms with Gasteiger partial charge < -0.3 is 10.6 Å². The van der Waals surface area contributed by atoms with E-state index in [-0.39, 0.29) is 11.7 Å². The molecule has 0 saturated heterocycles. The minimum absolute atomic E-state index is 0.116. The molecule has 0 radical (unpaired) electrons. The lowest BCUT2D eigenvalue weighted by atomic mass is 10.2. The second kappa shape index (κ2) is 6.52. The van der Waals surface area contributed by atoms with Crippen LogP contribution in [0.5, 0.6) is 0 Å². The fourth-order valence-corrected chi connectivity index (χ4v) is 2.17. The molecule has 20 heavy (non-hydrogen) atoms. The molecule has 2 aromatic rings. The lowest BCUT2D eigenvalue weighted by Gasteiger charge is -2.10. The normalized spacial score (nSPS) is 10.2. The SMILES string of the molecule is CC(=O)Nc1cccc(NCc2cc(F)ccc2Br)c1. The highest BCUT2D eigenvalue weighted by Gasteiger charge is 2.03. The van der Waals surface area contributed by atoms with Gasteiger partial charge in [0.2, 0.25) is 5.91 Å². The van der Waals surface area contributed by atoms with Gasteiger partial charge in [-0.05, 0) is 42.0 Å². The second-order valence-corrected chi connectivity index (χ2v) is 5.21. The van der Waals surface area contributed by atoms with Crippen molar-refractivity contribution in [2.24, 2.45) is 0 Å². The first kappa shape index (κ1) is 14.5. The number of benzene rings is 2. The molecule has 3 nitrogen and oxygen atoms in total. The van der Waals surface area contributed by atoms with Crippen LogP contribution in [0, 0.1) is 5.82 Å². The molecule has 104 valence electrons. The Morgan fingerprint density at radius 1 is 1.20 bits per heavy atom. The lowest BCUT2D eigenvalue weighted by molar-refractivity contribution is -0.114. The molecule has 0 bridgehead atoms. The molecule has 0 aliphatic heterocycles. The molecule has 2 aromatic carbocycles. The predicted molar refractivity (Wildman–Crippen MR) is 82.2 cm³/mol. The van der Waals surface area contributed by atoms with Crippen LogP contribution in [0.1, 0.15) is 12.5 Å². The van der Waals surface area contributed by atoms with E-state index in [1.54, 1.807) is 6.07 Å². The summed E-state index contributed by atoms with van der Waals surface area (Å²) in [5, 5.41) is 5.91. The van der Waals surface area contributed by atoms with Crippen LogP contribution in [0.2, 0.25) is 0 Å². The summed E-state index contributed by atoms with van der Waals surface area (Å²) >= 11 is 3.39. The van der Waals surface area contributed by atoms with Crippen LogP contribution in [-0.2, 0) is 11.3 Å². The molecule has 0 aliphatic carbocycles. The topological polar surface area (TPSA) is 41.1 Å². The first-order valence-corrected chi connectivity index (χ1v) is 6.89. The second-order valence-electron chi connectivity index (χ2n) is 4.35. The third-order valence-electron chi connectivity index (χ3n) is 2.67. The molecule has 0 aliphatic rings. The van der Waals surface area contributed by atoms with Crippen LogP contribution in [0.4, 0.5) is 15.8 Å². The minimum Gasteiger partial charge on any atom is -0.381 e. The minimum atomic E-state index is -0.267. The van der Waals surface area contributed by atoms with Crippen molar-refractivity contribution >= 4 is 33.2 Å². The summed E-state index contributed by atoms with van der Waals surface area (Å²) < 4.78 is 14.0. The smallest absolute Gasteiger partial charge is 0.221 e. The van der Waals surface area contributed by atoms with Gasteiger partial charge in [-0.25, -0.2) is 4.39 Å². The Morgan fingerprint density at radius 3 is 2.70 bits per heavy atom. The quantitative estimate of drug-likeness (QED) is 0.880. The van der Waals surface area contributed by atoms with Gasteiger partial charge in [-0.15, -0.1) is 0 Å². The van der Waals surface area contributed by atoms with Crippen molar-refractivity contribution in [3.63, 3.8) is 0 Å². The number of hydrogen-bond acceptors (Lipinski definition) is 2. The van der Waals surface area contributed by atoms with Gasteiger partial charge in [0, 0.05) is 29.3 Å². The van der Waals surface area contributed by atoms with Gasteiger partial charge in [-0.3, -0.25) is 4.79 Å². The molecule has 0 spiro atoms. The predicted octanol–water partition coefficient (Wildman–Crippen LogP) is 4.16. The summed E-state index contributed by atoms with van der Waals surface area (Å²) in [7, 11) is 0. The Labute approximate surface area is 125 Å². The number of amides is 1. The molecule has 2 rings (SSSR count). The maximum Gasteiger partial charge on any atom is 0.221 e. The van der Waals surface area contributed by atoms with Crippen LogP contribution >= 0.6 is 15.9 Å². The summed E-state index contributed by atoms with van der Waals surface area (Å²) in [4.78, 5) is 11.0. The number of carbonyl (C=O) groups is 1. The number of halogens is 2. The standard InChI is InChI=1S/C15H14BrFN2O/c1-10(20)19-14-4-2-3-13(8-14)18-9-11-7-12(17)5-6-15(11)16/h2-8,18H,9H2,1H3,(H,19,20). The molecule has 1 amide bonds. The van der Waals surface area contributed by atoms with Gasteiger partial charge in [-0.1, -0.05) is 22.0 Å². The molecule has 0 unspecified atom stereocenters. The van der Waals surface area contributed by atoms with E-state index < -0.39 is 0 Å². The van der Waals surface area contributed by atoms with Crippen molar-refractivity contribution in [3.8, 4) is 0 Å². The summed E-state index contributed by atoms with van der Waals surface area (Å²) in [5.41, 5.74) is 2.41. The highest BCUT2D eigenvalue weighted by Crippen LogP contribution is 2.20. The highest BCUT2D eigenvalue weighted by molar-refractivity contribution is 9.10. The van der Waals surface area contributed by atoms with E-state index >= 15 is 0 Å². The average molecular weight is 337 g/mol. The fraction of sp³-hybridized carbons (Fsp3) is 0.133.